The molecule has 0 radical (unpaired) electrons. The van der Waals surface area contributed by atoms with E-state index in [-0.39, 0.29) is 5.91 Å². The van der Waals surface area contributed by atoms with E-state index >= 15 is 0 Å². The van der Waals surface area contributed by atoms with E-state index in [0.29, 0.717) is 29.8 Å². The monoisotopic (exact) mass is 366 g/mol. The van der Waals surface area contributed by atoms with Crippen LogP contribution in [0.15, 0.2) is 36.5 Å². The SMILES string of the molecule is Cc1ccc(C(=O)Nc2ccc3c(OCC4CCOC4)nn(C)c3c2)nc1. The summed E-state index contributed by atoms with van der Waals surface area (Å²) in [6.45, 7) is 4.08. The Hall–Kier alpha value is -2.93. The summed E-state index contributed by atoms with van der Waals surface area (Å²) in [4.78, 5) is 16.5. The summed E-state index contributed by atoms with van der Waals surface area (Å²) < 4.78 is 13.1. The van der Waals surface area contributed by atoms with Crippen molar-refractivity contribution in [1.29, 1.82) is 0 Å². The van der Waals surface area contributed by atoms with Crippen molar-refractivity contribution in [3.8, 4) is 5.88 Å². The van der Waals surface area contributed by atoms with E-state index in [1.165, 1.54) is 0 Å². The van der Waals surface area contributed by atoms with E-state index in [2.05, 4.69) is 15.4 Å². The minimum atomic E-state index is -0.241. The van der Waals surface area contributed by atoms with Gasteiger partial charge in [-0.15, -0.1) is 5.10 Å². The number of aryl methyl sites for hydroxylation is 2. The smallest absolute Gasteiger partial charge is 0.274 e. The summed E-state index contributed by atoms with van der Waals surface area (Å²) in [5.74, 6) is 0.786. The molecular weight excluding hydrogens is 344 g/mol. The second-order valence-corrected chi connectivity index (χ2v) is 6.88. The molecule has 1 amide bonds. The molecular formula is C20H22N4O3. The molecule has 1 unspecified atom stereocenters. The molecule has 1 atom stereocenters. The highest BCUT2D eigenvalue weighted by Gasteiger charge is 2.18. The second-order valence-electron chi connectivity index (χ2n) is 6.88. The van der Waals surface area contributed by atoms with E-state index < -0.39 is 0 Å². The average molecular weight is 366 g/mol. The fourth-order valence-corrected chi connectivity index (χ4v) is 3.12. The third-order valence-electron chi connectivity index (χ3n) is 4.70. The summed E-state index contributed by atoms with van der Waals surface area (Å²) in [5.41, 5.74) is 2.98. The van der Waals surface area contributed by atoms with Gasteiger partial charge in [0.1, 0.15) is 5.69 Å². The number of pyridine rings is 1. The van der Waals surface area contributed by atoms with Crippen molar-refractivity contribution in [1.82, 2.24) is 14.8 Å². The maximum atomic E-state index is 12.4. The molecule has 0 bridgehead atoms. The number of anilines is 1. The number of nitrogens with zero attached hydrogens (tertiary/aromatic N) is 3. The standard InChI is InChI=1S/C20H22N4O3/c1-13-3-6-17(21-10-13)19(25)22-15-4-5-16-18(9-15)24(2)23-20(16)27-12-14-7-8-26-11-14/h3-6,9-10,14H,7-8,11-12H2,1-2H3,(H,22,25). The van der Waals surface area contributed by atoms with Crippen LogP contribution in [0.1, 0.15) is 22.5 Å². The van der Waals surface area contributed by atoms with Crippen molar-refractivity contribution < 1.29 is 14.3 Å². The number of amides is 1. The molecule has 3 heterocycles. The van der Waals surface area contributed by atoms with E-state index in [9.17, 15) is 4.79 Å². The molecule has 0 spiro atoms. The largest absolute Gasteiger partial charge is 0.476 e. The zero-order valence-electron chi connectivity index (χ0n) is 15.4. The van der Waals surface area contributed by atoms with Crippen LogP contribution >= 0.6 is 0 Å². The van der Waals surface area contributed by atoms with Crippen molar-refractivity contribution in [3.05, 3.63) is 47.8 Å². The molecule has 2 aromatic heterocycles. The van der Waals surface area contributed by atoms with Gasteiger partial charge in [0.05, 0.1) is 24.1 Å². The van der Waals surface area contributed by atoms with Crippen LogP contribution in [0.2, 0.25) is 0 Å². The normalized spacial score (nSPS) is 16.6. The van der Waals surface area contributed by atoms with Crippen LogP contribution in [-0.2, 0) is 11.8 Å². The Morgan fingerprint density at radius 2 is 2.26 bits per heavy atom. The van der Waals surface area contributed by atoms with Gasteiger partial charge in [-0.05, 0) is 43.2 Å². The first-order valence-corrected chi connectivity index (χ1v) is 9.01. The Balaban J connectivity index is 1.51. The summed E-state index contributed by atoms with van der Waals surface area (Å²) in [5, 5.41) is 8.27. The lowest BCUT2D eigenvalue weighted by molar-refractivity contribution is 0.102. The minimum Gasteiger partial charge on any atom is -0.476 e. The molecule has 1 aliphatic rings. The van der Waals surface area contributed by atoms with Gasteiger partial charge in [-0.25, -0.2) is 0 Å². The Labute approximate surface area is 157 Å². The number of aromatic nitrogens is 3. The first-order chi connectivity index (χ1) is 13.1. The van der Waals surface area contributed by atoms with Gasteiger partial charge in [0.2, 0.25) is 5.88 Å². The number of rotatable bonds is 5. The third kappa shape index (κ3) is 3.78. The van der Waals surface area contributed by atoms with Crippen LogP contribution < -0.4 is 10.1 Å². The number of hydrogen-bond donors (Lipinski definition) is 1. The molecule has 1 N–H and O–H groups in total. The molecule has 1 aromatic carbocycles. The quantitative estimate of drug-likeness (QED) is 0.751. The molecule has 7 heteroatoms. The summed E-state index contributed by atoms with van der Waals surface area (Å²) in [6.07, 6.45) is 2.70. The highest BCUT2D eigenvalue weighted by Crippen LogP contribution is 2.28. The van der Waals surface area contributed by atoms with Crippen molar-refractivity contribution in [2.45, 2.75) is 13.3 Å². The highest BCUT2D eigenvalue weighted by molar-refractivity contribution is 6.04. The lowest BCUT2D eigenvalue weighted by Gasteiger charge is -2.08. The van der Waals surface area contributed by atoms with Crippen LogP contribution in [0, 0.1) is 12.8 Å². The minimum absolute atomic E-state index is 0.241. The maximum absolute atomic E-state index is 12.4. The number of benzene rings is 1. The number of ether oxygens (including phenoxy) is 2. The topological polar surface area (TPSA) is 78.3 Å². The Morgan fingerprint density at radius 1 is 1.37 bits per heavy atom. The first-order valence-electron chi connectivity index (χ1n) is 9.01. The first kappa shape index (κ1) is 17.5. The maximum Gasteiger partial charge on any atom is 0.274 e. The number of fused-ring (bicyclic) bond motifs is 1. The molecule has 27 heavy (non-hydrogen) atoms. The highest BCUT2D eigenvalue weighted by atomic mass is 16.5. The predicted molar refractivity (Wildman–Crippen MR) is 102 cm³/mol. The van der Waals surface area contributed by atoms with E-state index in [1.54, 1.807) is 16.9 Å². The molecule has 1 saturated heterocycles. The van der Waals surface area contributed by atoms with Gasteiger partial charge in [-0.2, -0.15) is 0 Å². The summed E-state index contributed by atoms with van der Waals surface area (Å²) >= 11 is 0. The van der Waals surface area contributed by atoms with Gasteiger partial charge < -0.3 is 14.8 Å². The van der Waals surface area contributed by atoms with Crippen LogP contribution in [-0.4, -0.2) is 40.5 Å². The van der Waals surface area contributed by atoms with Crippen LogP contribution in [0.4, 0.5) is 5.69 Å². The van der Waals surface area contributed by atoms with E-state index in [0.717, 1.165) is 36.1 Å². The third-order valence-corrected chi connectivity index (χ3v) is 4.70. The zero-order valence-corrected chi connectivity index (χ0v) is 15.4. The number of hydrogen-bond acceptors (Lipinski definition) is 5. The lowest BCUT2D eigenvalue weighted by Crippen LogP contribution is -2.13. The molecule has 4 rings (SSSR count). The molecule has 1 aliphatic heterocycles. The Morgan fingerprint density at radius 3 is 3.00 bits per heavy atom. The van der Waals surface area contributed by atoms with Crippen molar-refractivity contribution in [2.75, 3.05) is 25.1 Å². The van der Waals surface area contributed by atoms with Gasteiger partial charge in [0.15, 0.2) is 0 Å². The van der Waals surface area contributed by atoms with Gasteiger partial charge >= 0.3 is 0 Å². The van der Waals surface area contributed by atoms with Gasteiger partial charge in [-0.3, -0.25) is 14.5 Å². The molecule has 140 valence electrons. The molecule has 0 saturated carbocycles. The number of carbonyl (C=O) groups excluding carboxylic acids is 1. The molecule has 1 fully saturated rings. The predicted octanol–water partition coefficient (Wildman–Crippen LogP) is 2.94. The van der Waals surface area contributed by atoms with Crippen molar-refractivity contribution in [2.24, 2.45) is 13.0 Å². The van der Waals surface area contributed by atoms with Crippen LogP contribution in [0.3, 0.4) is 0 Å². The summed E-state index contributed by atoms with van der Waals surface area (Å²) in [7, 11) is 1.86. The van der Waals surface area contributed by atoms with Gasteiger partial charge in [0.25, 0.3) is 5.91 Å². The van der Waals surface area contributed by atoms with Gasteiger partial charge in [0, 0.05) is 31.5 Å². The molecule has 3 aromatic rings. The molecule has 0 aliphatic carbocycles. The Kier molecular flexibility index (Phi) is 4.77. The summed E-state index contributed by atoms with van der Waals surface area (Å²) in [6, 6.07) is 9.24. The zero-order chi connectivity index (χ0) is 18.8. The fourth-order valence-electron chi connectivity index (χ4n) is 3.12. The fraction of sp³-hybridized carbons (Fsp3) is 0.350. The average Bonchev–Trinajstić information content (AvgIpc) is 3.29. The Bertz CT molecular complexity index is 959. The van der Waals surface area contributed by atoms with E-state index in [4.69, 9.17) is 9.47 Å². The second kappa shape index (κ2) is 7.36. The molecule has 7 nitrogen and oxygen atoms in total. The lowest BCUT2D eigenvalue weighted by atomic mass is 10.1. The van der Waals surface area contributed by atoms with Crippen LogP contribution in [0.25, 0.3) is 10.9 Å². The van der Waals surface area contributed by atoms with Crippen molar-refractivity contribution in [3.63, 3.8) is 0 Å². The van der Waals surface area contributed by atoms with Crippen molar-refractivity contribution >= 4 is 22.5 Å². The van der Waals surface area contributed by atoms with Gasteiger partial charge in [-0.1, -0.05) is 6.07 Å². The number of nitrogens with one attached hydrogen (secondary N) is 1. The van der Waals surface area contributed by atoms with Crippen LogP contribution in [0.5, 0.6) is 5.88 Å². The number of carbonyl (C=O) groups is 1. The van der Waals surface area contributed by atoms with E-state index in [1.807, 2.05) is 38.2 Å².